The second-order valence-electron chi connectivity index (χ2n) is 9.24. The maximum atomic E-state index is 12.0. The van der Waals surface area contributed by atoms with Crippen molar-refractivity contribution in [2.45, 2.75) is 64.6 Å². The van der Waals surface area contributed by atoms with Crippen molar-refractivity contribution in [1.82, 2.24) is 14.8 Å². The molecule has 1 saturated carbocycles. The molecule has 4 nitrogen and oxygen atoms in total. The third kappa shape index (κ3) is 4.11. The van der Waals surface area contributed by atoms with Crippen molar-refractivity contribution < 1.29 is 4.79 Å². The van der Waals surface area contributed by atoms with E-state index in [1.165, 1.54) is 59.6 Å². The van der Waals surface area contributed by atoms with Gasteiger partial charge in [-0.15, -0.1) is 0 Å². The molecule has 5 rings (SSSR count). The van der Waals surface area contributed by atoms with Gasteiger partial charge in [0.2, 0.25) is 5.91 Å². The summed E-state index contributed by atoms with van der Waals surface area (Å²) in [5, 5.41) is 5.85. The number of benzene rings is 2. The van der Waals surface area contributed by atoms with Crippen molar-refractivity contribution in [3.63, 3.8) is 0 Å². The zero-order valence-corrected chi connectivity index (χ0v) is 18.1. The number of carbonyl (C=O) groups is 1. The number of amides is 1. The molecule has 158 valence electrons. The van der Waals surface area contributed by atoms with Crippen LogP contribution in [0.4, 0.5) is 0 Å². The zero-order valence-electron chi connectivity index (χ0n) is 18.1. The Morgan fingerprint density at radius 3 is 2.73 bits per heavy atom. The summed E-state index contributed by atoms with van der Waals surface area (Å²) in [5.41, 5.74) is 4.06. The number of para-hydroxylation sites is 1. The van der Waals surface area contributed by atoms with Crippen molar-refractivity contribution in [3.05, 3.63) is 48.0 Å². The van der Waals surface area contributed by atoms with E-state index in [0.717, 1.165) is 26.1 Å². The van der Waals surface area contributed by atoms with E-state index in [9.17, 15) is 4.79 Å². The normalized spacial score (nSPS) is 20.1. The Morgan fingerprint density at radius 2 is 1.90 bits per heavy atom. The molecule has 3 aromatic rings. The third-order valence-electron chi connectivity index (χ3n) is 6.88. The maximum Gasteiger partial charge on any atom is 0.220 e. The van der Waals surface area contributed by atoms with Crippen molar-refractivity contribution >= 4 is 27.7 Å². The Morgan fingerprint density at radius 1 is 1.07 bits per heavy atom. The van der Waals surface area contributed by atoms with Gasteiger partial charge in [-0.05, 0) is 75.3 Å². The first-order chi connectivity index (χ1) is 14.7. The second kappa shape index (κ2) is 8.43. The molecule has 0 bridgehead atoms. The minimum atomic E-state index is 0.257. The first-order valence-corrected chi connectivity index (χ1v) is 11.7. The van der Waals surface area contributed by atoms with E-state index in [1.54, 1.807) is 0 Å². The summed E-state index contributed by atoms with van der Waals surface area (Å²) in [6.45, 7) is 6.50. The molecule has 4 heteroatoms. The molecule has 1 saturated heterocycles. The molecular formula is C26H33N3O. The number of carbonyl (C=O) groups excluding carboxylic acids is 1. The fourth-order valence-corrected chi connectivity index (χ4v) is 5.19. The molecule has 2 aliphatic rings. The van der Waals surface area contributed by atoms with Gasteiger partial charge in [0.25, 0.3) is 0 Å². The highest BCUT2D eigenvalue weighted by molar-refractivity contribution is 6.08. The summed E-state index contributed by atoms with van der Waals surface area (Å²) in [6, 6.07) is 16.2. The third-order valence-corrected chi connectivity index (χ3v) is 6.88. The van der Waals surface area contributed by atoms with E-state index >= 15 is 0 Å². The highest BCUT2D eigenvalue weighted by atomic mass is 16.1. The Kier molecular flexibility index (Phi) is 5.51. The first kappa shape index (κ1) is 19.6. The lowest BCUT2D eigenvalue weighted by Gasteiger charge is -2.32. The van der Waals surface area contributed by atoms with E-state index in [0.29, 0.717) is 18.4 Å². The number of nitrogens with one attached hydrogen (secondary N) is 1. The fraction of sp³-hybridized carbons (Fsp3) is 0.500. The minimum Gasteiger partial charge on any atom is -0.353 e. The average molecular weight is 404 g/mol. The molecule has 1 aliphatic carbocycles. The average Bonchev–Trinajstić information content (AvgIpc) is 3.52. The van der Waals surface area contributed by atoms with Crippen LogP contribution in [0, 0.1) is 5.92 Å². The van der Waals surface area contributed by atoms with Crippen LogP contribution in [0.15, 0.2) is 42.5 Å². The van der Waals surface area contributed by atoms with Crippen LogP contribution >= 0.6 is 0 Å². The number of piperidine rings is 1. The highest BCUT2D eigenvalue weighted by Crippen LogP contribution is 2.30. The Hall–Kier alpha value is -2.33. The number of rotatable bonds is 7. The highest BCUT2D eigenvalue weighted by Gasteiger charge is 2.25. The largest absolute Gasteiger partial charge is 0.353 e. The Balaban J connectivity index is 1.26. The summed E-state index contributed by atoms with van der Waals surface area (Å²) >= 11 is 0. The molecule has 0 unspecified atom stereocenters. The molecule has 30 heavy (non-hydrogen) atoms. The van der Waals surface area contributed by atoms with Crippen LogP contribution in [-0.2, 0) is 17.9 Å². The summed E-state index contributed by atoms with van der Waals surface area (Å²) < 4.78 is 2.41. The molecule has 1 aliphatic heterocycles. The van der Waals surface area contributed by atoms with Gasteiger partial charge in [-0.2, -0.15) is 0 Å². The SMILES string of the molecule is CCn1c2ccccc2c2cc(CN3CCC[C@H](CCC(=O)NC4CC4)C3)ccc21. The van der Waals surface area contributed by atoms with Crippen molar-refractivity contribution in [3.8, 4) is 0 Å². The summed E-state index contributed by atoms with van der Waals surface area (Å²) in [6.07, 6.45) is 6.56. The van der Waals surface area contributed by atoms with Crippen LogP contribution in [0.25, 0.3) is 21.8 Å². The van der Waals surface area contributed by atoms with E-state index in [4.69, 9.17) is 0 Å². The lowest BCUT2D eigenvalue weighted by Crippen LogP contribution is -2.35. The van der Waals surface area contributed by atoms with E-state index in [2.05, 4.69) is 64.2 Å². The number of aromatic nitrogens is 1. The summed E-state index contributed by atoms with van der Waals surface area (Å²) in [7, 11) is 0. The number of aryl methyl sites for hydroxylation is 1. The van der Waals surface area contributed by atoms with E-state index in [1.807, 2.05) is 0 Å². The number of fused-ring (bicyclic) bond motifs is 3. The molecule has 2 aromatic carbocycles. The monoisotopic (exact) mass is 403 g/mol. The number of nitrogens with zero attached hydrogens (tertiary/aromatic N) is 2. The Labute approximate surface area is 179 Å². The van der Waals surface area contributed by atoms with Crippen molar-refractivity contribution in [2.24, 2.45) is 5.92 Å². The molecule has 0 spiro atoms. The molecule has 0 radical (unpaired) electrons. The Bertz CT molecular complexity index is 1050. The first-order valence-electron chi connectivity index (χ1n) is 11.7. The fourth-order valence-electron chi connectivity index (χ4n) is 5.19. The zero-order chi connectivity index (χ0) is 20.5. The predicted octanol–water partition coefficient (Wildman–Crippen LogP) is 5.09. The van der Waals surface area contributed by atoms with E-state index in [-0.39, 0.29) is 5.91 Å². The van der Waals surface area contributed by atoms with Crippen LogP contribution in [-0.4, -0.2) is 34.5 Å². The number of likely N-dealkylation sites (tertiary alicyclic amines) is 1. The van der Waals surface area contributed by atoms with Gasteiger partial charge in [0.05, 0.1) is 0 Å². The number of hydrogen-bond acceptors (Lipinski definition) is 2. The van der Waals surface area contributed by atoms with Gasteiger partial charge < -0.3 is 9.88 Å². The molecule has 1 amide bonds. The smallest absolute Gasteiger partial charge is 0.220 e. The molecule has 2 heterocycles. The molecule has 1 aromatic heterocycles. The predicted molar refractivity (Wildman–Crippen MR) is 124 cm³/mol. The van der Waals surface area contributed by atoms with Crippen LogP contribution in [0.1, 0.15) is 51.0 Å². The van der Waals surface area contributed by atoms with E-state index < -0.39 is 0 Å². The van der Waals surface area contributed by atoms with Crippen molar-refractivity contribution in [2.75, 3.05) is 13.1 Å². The maximum absolute atomic E-state index is 12.0. The minimum absolute atomic E-state index is 0.257. The molecule has 2 fully saturated rings. The van der Waals surface area contributed by atoms with Crippen LogP contribution in [0.5, 0.6) is 0 Å². The standard InChI is InChI=1S/C26H33N3O/c1-2-29-24-8-4-3-7-22(24)23-16-20(9-13-25(23)29)18-28-15-5-6-19(17-28)10-14-26(30)27-21-11-12-21/h3-4,7-9,13,16,19,21H,2,5-6,10-12,14-15,17-18H2,1H3,(H,27,30)/t19-/m1/s1. The topological polar surface area (TPSA) is 37.3 Å². The quantitative estimate of drug-likeness (QED) is 0.597. The van der Waals surface area contributed by atoms with Gasteiger partial charge in [0, 0.05) is 53.9 Å². The second-order valence-corrected chi connectivity index (χ2v) is 9.24. The number of hydrogen-bond donors (Lipinski definition) is 1. The van der Waals surface area contributed by atoms with Crippen LogP contribution in [0.3, 0.4) is 0 Å². The van der Waals surface area contributed by atoms with Gasteiger partial charge >= 0.3 is 0 Å². The van der Waals surface area contributed by atoms with Gasteiger partial charge in [-0.25, -0.2) is 0 Å². The lowest BCUT2D eigenvalue weighted by atomic mass is 9.93. The van der Waals surface area contributed by atoms with Crippen LogP contribution in [0.2, 0.25) is 0 Å². The molecule has 1 N–H and O–H groups in total. The molecule has 1 atom stereocenters. The van der Waals surface area contributed by atoms with Gasteiger partial charge in [0.1, 0.15) is 0 Å². The van der Waals surface area contributed by atoms with Gasteiger partial charge in [-0.1, -0.05) is 24.3 Å². The summed E-state index contributed by atoms with van der Waals surface area (Å²) in [5.74, 6) is 0.904. The van der Waals surface area contributed by atoms with Gasteiger partial charge in [0.15, 0.2) is 0 Å². The lowest BCUT2D eigenvalue weighted by molar-refractivity contribution is -0.121. The summed E-state index contributed by atoms with van der Waals surface area (Å²) in [4.78, 5) is 14.6. The van der Waals surface area contributed by atoms with Crippen molar-refractivity contribution in [1.29, 1.82) is 0 Å². The van der Waals surface area contributed by atoms with Gasteiger partial charge in [-0.3, -0.25) is 9.69 Å². The van der Waals surface area contributed by atoms with Crippen LogP contribution < -0.4 is 5.32 Å². The molecular weight excluding hydrogens is 370 g/mol.